The van der Waals surface area contributed by atoms with Crippen LogP contribution in [0.15, 0.2) is 30.7 Å². The molecule has 1 atom stereocenters. The molecule has 0 radical (unpaired) electrons. The highest BCUT2D eigenvalue weighted by Crippen LogP contribution is 2.25. The first-order valence-electron chi connectivity index (χ1n) is 12.6. The second kappa shape index (κ2) is 11.1. The van der Waals surface area contributed by atoms with Crippen molar-refractivity contribution < 1.29 is 9.84 Å². The molecule has 4 N–H and O–H groups in total. The van der Waals surface area contributed by atoms with Crippen molar-refractivity contribution in [3.8, 4) is 0 Å². The standard InChI is InChI=1S/C25H33N9O2/c1-2-3-9-33(10-11-35)24-23-20(30-25(26)31-24)15-34(32-23)14-18-5-4-17(13-29-19-6-12-36-16-19)21-22(18)28-8-7-27-21/h4-5,7-8,15,19,29,35H,2-3,6,9-14,16H2,1H3,(H2,26,30)/t19-/m0/s1. The van der Waals surface area contributed by atoms with E-state index in [4.69, 9.17) is 15.6 Å². The fraction of sp³-hybridized carbons (Fsp3) is 0.480. The molecule has 3 aromatic heterocycles. The van der Waals surface area contributed by atoms with E-state index in [9.17, 15) is 5.11 Å². The van der Waals surface area contributed by atoms with Crippen molar-refractivity contribution in [3.63, 3.8) is 0 Å². The summed E-state index contributed by atoms with van der Waals surface area (Å²) in [5.41, 5.74) is 11.2. The summed E-state index contributed by atoms with van der Waals surface area (Å²) < 4.78 is 7.32. The van der Waals surface area contributed by atoms with Crippen LogP contribution in [0, 0.1) is 0 Å². The molecule has 4 aromatic rings. The van der Waals surface area contributed by atoms with Crippen molar-refractivity contribution >= 4 is 33.8 Å². The number of hydrogen-bond acceptors (Lipinski definition) is 10. The Kier molecular flexibility index (Phi) is 7.49. The first-order valence-corrected chi connectivity index (χ1v) is 12.6. The Morgan fingerprint density at radius 3 is 2.69 bits per heavy atom. The molecule has 36 heavy (non-hydrogen) atoms. The number of fused-ring (bicyclic) bond motifs is 2. The maximum Gasteiger partial charge on any atom is 0.222 e. The minimum atomic E-state index is 0.0233. The van der Waals surface area contributed by atoms with Crippen LogP contribution < -0.4 is 16.0 Å². The highest BCUT2D eigenvalue weighted by molar-refractivity contribution is 5.86. The Balaban J connectivity index is 1.44. The third-order valence-electron chi connectivity index (χ3n) is 6.50. The molecule has 0 saturated carbocycles. The molecule has 0 spiro atoms. The number of nitrogens with zero attached hydrogens (tertiary/aromatic N) is 7. The van der Waals surface area contributed by atoms with Crippen LogP contribution in [0.25, 0.3) is 22.1 Å². The third-order valence-corrected chi connectivity index (χ3v) is 6.50. The minimum absolute atomic E-state index is 0.0233. The second-order valence-corrected chi connectivity index (χ2v) is 9.11. The number of hydrogen-bond donors (Lipinski definition) is 3. The van der Waals surface area contributed by atoms with Crippen LogP contribution in [-0.4, -0.2) is 73.8 Å². The van der Waals surface area contributed by atoms with Crippen molar-refractivity contribution in [2.45, 2.75) is 45.3 Å². The Bertz CT molecular complexity index is 1320. The molecule has 190 valence electrons. The molecule has 11 nitrogen and oxygen atoms in total. The molecule has 1 aliphatic heterocycles. The van der Waals surface area contributed by atoms with Gasteiger partial charge < -0.3 is 25.8 Å². The van der Waals surface area contributed by atoms with E-state index in [-0.39, 0.29) is 12.6 Å². The van der Waals surface area contributed by atoms with E-state index in [1.807, 2.05) is 15.8 Å². The van der Waals surface area contributed by atoms with E-state index in [2.05, 4.69) is 44.3 Å². The molecule has 11 heteroatoms. The summed E-state index contributed by atoms with van der Waals surface area (Å²) in [6.45, 7) is 6.15. The zero-order chi connectivity index (χ0) is 24.9. The number of rotatable bonds is 11. The summed E-state index contributed by atoms with van der Waals surface area (Å²) in [7, 11) is 0. The van der Waals surface area contributed by atoms with E-state index in [1.165, 1.54) is 0 Å². The van der Waals surface area contributed by atoms with Crippen molar-refractivity contribution in [1.29, 1.82) is 0 Å². The van der Waals surface area contributed by atoms with Crippen LogP contribution in [0.1, 0.15) is 37.3 Å². The van der Waals surface area contributed by atoms with Crippen molar-refractivity contribution in [1.82, 2.24) is 35.0 Å². The number of nitrogens with one attached hydrogen (secondary N) is 1. The highest BCUT2D eigenvalue weighted by atomic mass is 16.5. The molecule has 0 aliphatic carbocycles. The molecule has 1 aliphatic rings. The Morgan fingerprint density at radius 1 is 1.14 bits per heavy atom. The first-order chi connectivity index (χ1) is 17.7. The molecule has 0 amide bonds. The summed E-state index contributed by atoms with van der Waals surface area (Å²) >= 11 is 0. The third kappa shape index (κ3) is 5.23. The number of aliphatic hydroxyl groups excluding tert-OH is 1. The molecule has 1 saturated heterocycles. The van der Waals surface area contributed by atoms with Gasteiger partial charge in [0.25, 0.3) is 0 Å². The van der Waals surface area contributed by atoms with E-state index in [0.717, 1.165) is 61.2 Å². The van der Waals surface area contributed by atoms with Crippen LogP contribution in [0.2, 0.25) is 0 Å². The fourth-order valence-electron chi connectivity index (χ4n) is 4.62. The lowest BCUT2D eigenvalue weighted by molar-refractivity contribution is 0.190. The highest BCUT2D eigenvalue weighted by Gasteiger charge is 2.19. The van der Waals surface area contributed by atoms with Crippen LogP contribution >= 0.6 is 0 Å². The number of aliphatic hydroxyl groups is 1. The lowest BCUT2D eigenvalue weighted by Crippen LogP contribution is -2.29. The molecule has 0 unspecified atom stereocenters. The average Bonchev–Trinajstić information content (AvgIpc) is 3.55. The summed E-state index contributed by atoms with van der Waals surface area (Å²) in [6, 6.07) is 4.57. The van der Waals surface area contributed by atoms with E-state index >= 15 is 0 Å². The van der Waals surface area contributed by atoms with E-state index < -0.39 is 0 Å². The number of unbranched alkanes of at least 4 members (excludes halogenated alkanes) is 1. The van der Waals surface area contributed by atoms with Gasteiger partial charge in [0.2, 0.25) is 5.95 Å². The zero-order valence-electron chi connectivity index (χ0n) is 20.6. The van der Waals surface area contributed by atoms with E-state index in [1.54, 1.807) is 12.4 Å². The van der Waals surface area contributed by atoms with Crippen molar-refractivity contribution in [2.24, 2.45) is 0 Å². The normalized spacial score (nSPS) is 15.8. The van der Waals surface area contributed by atoms with Gasteiger partial charge in [-0.15, -0.1) is 0 Å². The quantitative estimate of drug-likeness (QED) is 0.285. The smallest absolute Gasteiger partial charge is 0.222 e. The number of nitrogen functional groups attached to an aromatic ring is 1. The predicted octanol–water partition coefficient (Wildman–Crippen LogP) is 1.88. The number of aromatic nitrogens is 6. The summed E-state index contributed by atoms with van der Waals surface area (Å²) in [5.74, 6) is 0.845. The molecular weight excluding hydrogens is 458 g/mol. The minimum Gasteiger partial charge on any atom is -0.395 e. The largest absolute Gasteiger partial charge is 0.395 e. The lowest BCUT2D eigenvalue weighted by Gasteiger charge is -2.22. The molecule has 1 fully saturated rings. The Labute approximate surface area is 209 Å². The monoisotopic (exact) mass is 491 g/mol. The van der Waals surface area contributed by atoms with Gasteiger partial charge in [0.15, 0.2) is 11.3 Å². The zero-order valence-corrected chi connectivity index (χ0v) is 20.6. The maximum atomic E-state index is 9.60. The summed E-state index contributed by atoms with van der Waals surface area (Å²) in [4.78, 5) is 20.2. The van der Waals surface area contributed by atoms with Gasteiger partial charge in [0.1, 0.15) is 5.52 Å². The van der Waals surface area contributed by atoms with Gasteiger partial charge in [0, 0.05) is 50.2 Å². The van der Waals surface area contributed by atoms with Crippen LogP contribution in [-0.2, 0) is 17.8 Å². The van der Waals surface area contributed by atoms with Gasteiger partial charge in [-0.05, 0) is 18.4 Å². The van der Waals surface area contributed by atoms with Crippen LogP contribution in [0.5, 0.6) is 0 Å². The van der Waals surface area contributed by atoms with Gasteiger partial charge >= 0.3 is 0 Å². The lowest BCUT2D eigenvalue weighted by atomic mass is 10.1. The molecule has 5 rings (SSSR count). The van der Waals surface area contributed by atoms with Gasteiger partial charge in [0.05, 0.1) is 37.0 Å². The number of benzene rings is 1. The van der Waals surface area contributed by atoms with Crippen molar-refractivity contribution in [2.75, 3.05) is 43.5 Å². The fourth-order valence-corrected chi connectivity index (χ4v) is 4.62. The SMILES string of the molecule is CCCCN(CCO)c1nc(N)nc2cn(Cc3ccc(CN[C@H]4CCOC4)c4nccnc34)nc12. The number of ether oxygens (including phenoxy) is 1. The topological polar surface area (TPSA) is 140 Å². The van der Waals surface area contributed by atoms with E-state index in [0.29, 0.717) is 42.5 Å². The van der Waals surface area contributed by atoms with Crippen LogP contribution in [0.3, 0.4) is 0 Å². The Morgan fingerprint density at radius 2 is 1.94 bits per heavy atom. The molecule has 0 bridgehead atoms. The molecule has 4 heterocycles. The average molecular weight is 492 g/mol. The number of anilines is 2. The summed E-state index contributed by atoms with van der Waals surface area (Å²) in [5, 5.41) is 18.0. The Hall–Kier alpha value is -3.41. The van der Waals surface area contributed by atoms with Crippen molar-refractivity contribution in [3.05, 3.63) is 41.9 Å². The summed E-state index contributed by atoms with van der Waals surface area (Å²) in [6.07, 6.45) is 8.37. The number of nitrogens with two attached hydrogens (primary N) is 1. The van der Waals surface area contributed by atoms with Gasteiger partial charge in [-0.2, -0.15) is 10.1 Å². The van der Waals surface area contributed by atoms with Gasteiger partial charge in [-0.25, -0.2) is 4.98 Å². The maximum absolute atomic E-state index is 9.60. The molecule has 1 aromatic carbocycles. The van der Waals surface area contributed by atoms with Gasteiger partial charge in [-0.3, -0.25) is 14.6 Å². The van der Waals surface area contributed by atoms with Gasteiger partial charge in [-0.1, -0.05) is 25.5 Å². The predicted molar refractivity (Wildman–Crippen MR) is 139 cm³/mol. The second-order valence-electron chi connectivity index (χ2n) is 9.11. The first kappa shape index (κ1) is 24.3. The molecular formula is C25H33N9O2. The van der Waals surface area contributed by atoms with Crippen LogP contribution in [0.4, 0.5) is 11.8 Å².